The van der Waals surface area contributed by atoms with E-state index in [-0.39, 0.29) is 0 Å². The number of nitrogen functional groups attached to an aromatic ring is 1. The third kappa shape index (κ3) is 4.51. The first kappa shape index (κ1) is 12.8. The van der Waals surface area contributed by atoms with Gasteiger partial charge in [-0.2, -0.15) is 0 Å². The Morgan fingerprint density at radius 2 is 2.06 bits per heavy atom. The molecule has 0 heterocycles. The maximum Gasteiger partial charge on any atom is 0.0701 e. The van der Waals surface area contributed by atoms with Gasteiger partial charge in [0.15, 0.2) is 0 Å². The second-order valence-electron chi connectivity index (χ2n) is 3.61. The number of methoxy groups -OCH3 is 1. The molecule has 0 saturated carbocycles. The zero-order valence-corrected chi connectivity index (χ0v) is 9.95. The van der Waals surface area contributed by atoms with Gasteiger partial charge in [-0.1, -0.05) is 0 Å². The molecule has 0 saturated heterocycles. The molecular formula is C12H20N2O2. The van der Waals surface area contributed by atoms with Gasteiger partial charge in [0.25, 0.3) is 0 Å². The SMILES string of the molecule is COCCOCCNc1ccc(N)cc1C. The van der Waals surface area contributed by atoms with Crippen LogP contribution in [0.25, 0.3) is 0 Å². The molecule has 0 unspecified atom stereocenters. The summed E-state index contributed by atoms with van der Waals surface area (Å²) >= 11 is 0. The zero-order valence-electron chi connectivity index (χ0n) is 9.95. The molecule has 16 heavy (non-hydrogen) atoms. The van der Waals surface area contributed by atoms with Gasteiger partial charge in [-0.3, -0.25) is 0 Å². The Morgan fingerprint density at radius 1 is 1.25 bits per heavy atom. The molecule has 0 radical (unpaired) electrons. The summed E-state index contributed by atoms with van der Waals surface area (Å²) in [6.45, 7) is 4.77. The van der Waals surface area contributed by atoms with Gasteiger partial charge in [0, 0.05) is 25.0 Å². The average Bonchev–Trinajstić information content (AvgIpc) is 2.26. The lowest BCUT2D eigenvalue weighted by molar-refractivity contribution is 0.0759. The van der Waals surface area contributed by atoms with Crippen LogP contribution in [0.5, 0.6) is 0 Å². The number of hydrogen-bond acceptors (Lipinski definition) is 4. The third-order valence-electron chi connectivity index (χ3n) is 2.24. The van der Waals surface area contributed by atoms with Crippen molar-refractivity contribution in [1.29, 1.82) is 0 Å². The van der Waals surface area contributed by atoms with Gasteiger partial charge in [0.1, 0.15) is 0 Å². The standard InChI is InChI=1S/C12H20N2O2/c1-10-9-11(13)3-4-12(10)14-5-6-16-8-7-15-2/h3-4,9,14H,5-8,13H2,1-2H3. The number of rotatable bonds is 7. The number of ether oxygens (including phenoxy) is 2. The van der Waals surface area contributed by atoms with Gasteiger partial charge in [0.2, 0.25) is 0 Å². The molecule has 0 spiro atoms. The number of nitrogens with one attached hydrogen (secondary N) is 1. The average molecular weight is 224 g/mol. The minimum absolute atomic E-state index is 0.638. The summed E-state index contributed by atoms with van der Waals surface area (Å²) < 4.78 is 10.2. The van der Waals surface area contributed by atoms with Crippen LogP contribution in [0.1, 0.15) is 5.56 Å². The molecule has 4 heteroatoms. The molecular weight excluding hydrogens is 204 g/mol. The van der Waals surface area contributed by atoms with Gasteiger partial charge >= 0.3 is 0 Å². The van der Waals surface area contributed by atoms with Crippen molar-refractivity contribution in [1.82, 2.24) is 0 Å². The van der Waals surface area contributed by atoms with Crippen LogP contribution in [0.3, 0.4) is 0 Å². The quantitative estimate of drug-likeness (QED) is 0.546. The molecule has 0 aliphatic rings. The second kappa shape index (κ2) is 7.09. The fraction of sp³-hybridized carbons (Fsp3) is 0.500. The van der Waals surface area contributed by atoms with E-state index < -0.39 is 0 Å². The van der Waals surface area contributed by atoms with E-state index in [0.29, 0.717) is 19.8 Å². The predicted molar refractivity (Wildman–Crippen MR) is 66.8 cm³/mol. The Balaban J connectivity index is 2.21. The van der Waals surface area contributed by atoms with Crippen molar-refractivity contribution in [2.45, 2.75) is 6.92 Å². The first-order valence-electron chi connectivity index (χ1n) is 5.40. The number of aryl methyl sites for hydroxylation is 1. The highest BCUT2D eigenvalue weighted by Crippen LogP contribution is 2.16. The molecule has 0 aliphatic carbocycles. The lowest BCUT2D eigenvalue weighted by Gasteiger charge is -2.10. The molecule has 0 aromatic heterocycles. The van der Waals surface area contributed by atoms with E-state index in [1.807, 2.05) is 25.1 Å². The van der Waals surface area contributed by atoms with Crippen LogP contribution in [0, 0.1) is 6.92 Å². The minimum Gasteiger partial charge on any atom is -0.399 e. The summed E-state index contributed by atoms with van der Waals surface area (Å²) in [6.07, 6.45) is 0. The first-order valence-corrected chi connectivity index (χ1v) is 5.40. The molecule has 0 amide bonds. The van der Waals surface area contributed by atoms with Crippen molar-refractivity contribution in [3.63, 3.8) is 0 Å². The van der Waals surface area contributed by atoms with Crippen molar-refractivity contribution >= 4 is 11.4 Å². The summed E-state index contributed by atoms with van der Waals surface area (Å²) in [7, 11) is 1.67. The molecule has 90 valence electrons. The Bertz CT molecular complexity index is 316. The molecule has 1 aromatic rings. The van der Waals surface area contributed by atoms with E-state index in [9.17, 15) is 0 Å². The van der Waals surface area contributed by atoms with Gasteiger partial charge < -0.3 is 20.5 Å². The molecule has 0 bridgehead atoms. The zero-order chi connectivity index (χ0) is 11.8. The number of benzene rings is 1. The lowest BCUT2D eigenvalue weighted by Crippen LogP contribution is -2.12. The summed E-state index contributed by atoms with van der Waals surface area (Å²) in [5, 5.41) is 3.30. The van der Waals surface area contributed by atoms with Gasteiger partial charge in [0.05, 0.1) is 19.8 Å². The predicted octanol–water partition coefficient (Wildman–Crippen LogP) is 1.65. The highest BCUT2D eigenvalue weighted by Gasteiger charge is 1.97. The van der Waals surface area contributed by atoms with Crippen LogP contribution >= 0.6 is 0 Å². The van der Waals surface area contributed by atoms with Gasteiger partial charge in [-0.15, -0.1) is 0 Å². The van der Waals surface area contributed by atoms with Gasteiger partial charge in [-0.05, 0) is 30.7 Å². The molecule has 3 N–H and O–H groups in total. The van der Waals surface area contributed by atoms with Crippen LogP contribution < -0.4 is 11.1 Å². The van der Waals surface area contributed by atoms with Crippen molar-refractivity contribution in [3.05, 3.63) is 23.8 Å². The van der Waals surface area contributed by atoms with Crippen LogP contribution in [0.4, 0.5) is 11.4 Å². The summed E-state index contributed by atoms with van der Waals surface area (Å²) in [5.74, 6) is 0. The molecule has 4 nitrogen and oxygen atoms in total. The van der Waals surface area contributed by atoms with Crippen molar-refractivity contribution in [2.24, 2.45) is 0 Å². The normalized spacial score (nSPS) is 10.4. The van der Waals surface area contributed by atoms with E-state index in [4.69, 9.17) is 15.2 Å². The van der Waals surface area contributed by atoms with Crippen LogP contribution in [0.2, 0.25) is 0 Å². The van der Waals surface area contributed by atoms with E-state index in [2.05, 4.69) is 5.32 Å². The van der Waals surface area contributed by atoms with E-state index in [1.54, 1.807) is 7.11 Å². The third-order valence-corrected chi connectivity index (χ3v) is 2.24. The lowest BCUT2D eigenvalue weighted by atomic mass is 10.2. The Kier molecular flexibility index (Phi) is 5.67. The maximum absolute atomic E-state index is 5.67. The Labute approximate surface area is 96.7 Å². The number of anilines is 2. The van der Waals surface area contributed by atoms with Crippen LogP contribution in [-0.4, -0.2) is 33.5 Å². The monoisotopic (exact) mass is 224 g/mol. The molecule has 1 rings (SSSR count). The minimum atomic E-state index is 0.638. The van der Waals surface area contributed by atoms with Gasteiger partial charge in [-0.25, -0.2) is 0 Å². The van der Waals surface area contributed by atoms with E-state index in [0.717, 1.165) is 23.5 Å². The Morgan fingerprint density at radius 3 is 2.75 bits per heavy atom. The summed E-state index contributed by atoms with van der Waals surface area (Å²) in [6, 6.07) is 5.83. The number of hydrogen-bond donors (Lipinski definition) is 2. The second-order valence-corrected chi connectivity index (χ2v) is 3.61. The topological polar surface area (TPSA) is 56.5 Å². The summed E-state index contributed by atoms with van der Waals surface area (Å²) in [5.41, 5.74) is 8.71. The van der Waals surface area contributed by atoms with E-state index >= 15 is 0 Å². The fourth-order valence-electron chi connectivity index (χ4n) is 1.39. The molecule has 0 fully saturated rings. The largest absolute Gasteiger partial charge is 0.399 e. The molecule has 0 aliphatic heterocycles. The molecule has 0 atom stereocenters. The van der Waals surface area contributed by atoms with Crippen LogP contribution in [0.15, 0.2) is 18.2 Å². The van der Waals surface area contributed by atoms with E-state index in [1.165, 1.54) is 0 Å². The van der Waals surface area contributed by atoms with Crippen molar-refractivity contribution < 1.29 is 9.47 Å². The fourth-order valence-corrected chi connectivity index (χ4v) is 1.39. The van der Waals surface area contributed by atoms with Crippen LogP contribution in [-0.2, 0) is 9.47 Å². The molecule has 1 aromatic carbocycles. The smallest absolute Gasteiger partial charge is 0.0701 e. The van der Waals surface area contributed by atoms with Crippen molar-refractivity contribution in [2.75, 3.05) is 44.5 Å². The maximum atomic E-state index is 5.67. The highest BCUT2D eigenvalue weighted by atomic mass is 16.5. The first-order chi connectivity index (χ1) is 7.74. The number of nitrogens with two attached hydrogens (primary N) is 1. The Hall–Kier alpha value is -1.26. The summed E-state index contributed by atoms with van der Waals surface area (Å²) in [4.78, 5) is 0. The van der Waals surface area contributed by atoms with Crippen molar-refractivity contribution in [3.8, 4) is 0 Å². The highest BCUT2D eigenvalue weighted by molar-refractivity contribution is 5.57.